The molecule has 0 radical (unpaired) electrons. The highest BCUT2D eigenvalue weighted by Gasteiger charge is 2.55. The van der Waals surface area contributed by atoms with Gasteiger partial charge < -0.3 is 31.5 Å². The normalized spacial score (nSPS) is 20.1. The maximum atomic E-state index is 13.6. The molecule has 9 heteroatoms. The van der Waals surface area contributed by atoms with Crippen molar-refractivity contribution in [2.75, 3.05) is 19.6 Å². The van der Waals surface area contributed by atoms with Gasteiger partial charge in [0.1, 0.15) is 0 Å². The van der Waals surface area contributed by atoms with E-state index < -0.39 is 17.7 Å². The van der Waals surface area contributed by atoms with Gasteiger partial charge in [0.05, 0.1) is 18.1 Å². The summed E-state index contributed by atoms with van der Waals surface area (Å²) in [6, 6.07) is -1.16. The van der Waals surface area contributed by atoms with Crippen LogP contribution in [0.4, 0.5) is 4.79 Å². The number of likely N-dealkylation sites (tertiary alicyclic amines) is 1. The number of ketones is 1. The van der Waals surface area contributed by atoms with E-state index in [1.54, 1.807) is 6.08 Å². The number of Topliss-reactive ketones (excluding diaryl/α,β-unsaturated/α-hetero) is 1. The fraction of sp³-hybridized carbons (Fsp3) is 0.750. The van der Waals surface area contributed by atoms with Crippen LogP contribution in [0.25, 0.3) is 0 Å². The summed E-state index contributed by atoms with van der Waals surface area (Å²) in [7, 11) is 0. The Balaban J connectivity index is 0.00000267. The Labute approximate surface area is 325 Å². The highest BCUT2D eigenvalue weighted by Crippen LogP contribution is 2.53. The molecule has 304 valence electrons. The minimum Gasteiger partial charge on any atom is -0.389 e. The molecule has 3 aliphatic rings. The van der Waals surface area contributed by atoms with E-state index in [2.05, 4.69) is 106 Å². The molecule has 3 rings (SSSR count). The maximum absolute atomic E-state index is 13.6. The van der Waals surface area contributed by atoms with Gasteiger partial charge in [-0.1, -0.05) is 108 Å². The Morgan fingerprint density at radius 1 is 0.943 bits per heavy atom. The molecule has 6 atom stereocenters. The SMILES string of the molecule is C=CCCNC(=O)C(=O)C(CCC)NC(=C)C1[C@H]2C[C@H]2CN1C(=C)C(NC(=O)NC(CCCC(=C)NCC1CC1)C(C)C)C(C)(C)CC.CC.CCC. The van der Waals surface area contributed by atoms with E-state index in [1.807, 2.05) is 20.8 Å². The molecule has 2 saturated carbocycles. The van der Waals surface area contributed by atoms with Crippen LogP contribution in [0.3, 0.4) is 0 Å². The van der Waals surface area contributed by atoms with Gasteiger partial charge in [-0.25, -0.2) is 4.79 Å². The van der Waals surface area contributed by atoms with Gasteiger partial charge in [-0.3, -0.25) is 9.59 Å². The molecule has 4 unspecified atom stereocenters. The van der Waals surface area contributed by atoms with Crippen molar-refractivity contribution in [3.63, 3.8) is 0 Å². The fourth-order valence-corrected chi connectivity index (χ4v) is 6.85. The summed E-state index contributed by atoms with van der Waals surface area (Å²) < 4.78 is 0. The van der Waals surface area contributed by atoms with Gasteiger partial charge in [0.2, 0.25) is 5.78 Å². The number of rotatable bonds is 24. The lowest BCUT2D eigenvalue weighted by Crippen LogP contribution is -2.56. The van der Waals surface area contributed by atoms with Gasteiger partial charge in [-0.2, -0.15) is 0 Å². The fourth-order valence-electron chi connectivity index (χ4n) is 6.85. The van der Waals surface area contributed by atoms with Crippen molar-refractivity contribution in [2.24, 2.45) is 29.1 Å². The molecule has 1 heterocycles. The zero-order chi connectivity index (χ0) is 40.3. The Kier molecular flexibility index (Phi) is 21.8. The second-order valence-electron chi connectivity index (χ2n) is 16.2. The van der Waals surface area contributed by atoms with Crippen LogP contribution < -0.4 is 26.6 Å². The molecule has 1 aliphatic heterocycles. The van der Waals surface area contributed by atoms with Crippen molar-refractivity contribution in [1.82, 2.24) is 31.5 Å². The van der Waals surface area contributed by atoms with E-state index in [0.29, 0.717) is 31.2 Å². The number of hydrogen-bond donors (Lipinski definition) is 5. The summed E-state index contributed by atoms with van der Waals surface area (Å²) in [6.45, 7) is 40.1. The molecule has 2 aliphatic carbocycles. The number of nitrogens with zero attached hydrogens (tertiary/aromatic N) is 1. The molecule has 5 N–H and O–H groups in total. The van der Waals surface area contributed by atoms with Gasteiger partial charge >= 0.3 is 6.03 Å². The summed E-state index contributed by atoms with van der Waals surface area (Å²) in [6.07, 6.45) is 12.2. The lowest BCUT2D eigenvalue weighted by Gasteiger charge is -2.43. The zero-order valence-electron chi connectivity index (χ0n) is 35.6. The number of fused-ring (bicyclic) bond motifs is 1. The molecule has 1 saturated heterocycles. The average Bonchev–Trinajstić information content (AvgIpc) is 4.07. The molecule has 53 heavy (non-hydrogen) atoms. The summed E-state index contributed by atoms with van der Waals surface area (Å²) in [4.78, 5) is 41.7. The van der Waals surface area contributed by atoms with E-state index in [-0.39, 0.29) is 35.5 Å². The summed E-state index contributed by atoms with van der Waals surface area (Å²) >= 11 is 0. The highest BCUT2D eigenvalue weighted by atomic mass is 16.2. The third kappa shape index (κ3) is 16.0. The van der Waals surface area contributed by atoms with Gasteiger partial charge in [0.15, 0.2) is 0 Å². The van der Waals surface area contributed by atoms with Crippen LogP contribution in [0.2, 0.25) is 0 Å². The first-order valence-electron chi connectivity index (χ1n) is 21.0. The van der Waals surface area contributed by atoms with Gasteiger partial charge in [-0.15, -0.1) is 6.58 Å². The van der Waals surface area contributed by atoms with Crippen molar-refractivity contribution < 1.29 is 14.4 Å². The van der Waals surface area contributed by atoms with E-state index in [0.717, 1.165) is 74.6 Å². The number of carbonyl (C=O) groups excluding carboxylic acids is 3. The third-order valence-corrected chi connectivity index (χ3v) is 10.7. The van der Waals surface area contributed by atoms with Gasteiger partial charge in [-0.05, 0) is 86.9 Å². The molecular weight excluding hydrogens is 661 g/mol. The molecule has 3 fully saturated rings. The Bertz CT molecular complexity index is 1190. The standard InChI is InChI=1S/C39H66N6O3.C3H8.C2H6/c1-11-14-21-40-37(47)35(46)33(16-12-2)42-27(7)34-31-22-30(31)24-45(34)28(8)36(39(9,10)13-3)44-38(48)43-32(25(4)5)18-15-17-26(6)41-23-29-19-20-29;1-3-2;1-2/h11,25,29-34,36,41-42H,1,6-8,12-24H2,2-5,9-10H3,(H,40,47)(H2,43,44,48);3H2,1-2H3;1-2H3/t30-,31-,32?,33?,34?,36?;;/m0../s1. The Hall–Kier alpha value is -3.23. The zero-order valence-corrected chi connectivity index (χ0v) is 35.6. The third-order valence-electron chi connectivity index (χ3n) is 10.7. The second-order valence-corrected chi connectivity index (χ2v) is 16.2. The smallest absolute Gasteiger partial charge is 0.315 e. The quantitative estimate of drug-likeness (QED) is 0.0385. The van der Waals surface area contributed by atoms with Crippen molar-refractivity contribution >= 4 is 17.7 Å². The first-order valence-corrected chi connectivity index (χ1v) is 21.0. The molecule has 0 spiro atoms. The molecule has 3 amide bonds. The topological polar surface area (TPSA) is 115 Å². The van der Waals surface area contributed by atoms with Crippen LogP contribution in [0.5, 0.6) is 0 Å². The van der Waals surface area contributed by atoms with Crippen molar-refractivity contribution in [3.8, 4) is 0 Å². The Morgan fingerprint density at radius 2 is 1.58 bits per heavy atom. The number of piperidine rings is 1. The van der Waals surface area contributed by atoms with E-state index in [1.165, 1.54) is 19.3 Å². The molecular formula is C44H80N6O3. The number of nitrogens with one attached hydrogen (secondary N) is 5. The number of allylic oxidation sites excluding steroid dienone is 1. The highest BCUT2D eigenvalue weighted by molar-refractivity contribution is 6.38. The molecule has 0 aromatic carbocycles. The van der Waals surface area contributed by atoms with Crippen LogP contribution in [-0.2, 0) is 9.59 Å². The largest absolute Gasteiger partial charge is 0.389 e. The van der Waals surface area contributed by atoms with Crippen molar-refractivity contribution in [2.45, 2.75) is 164 Å². The van der Waals surface area contributed by atoms with Crippen LogP contribution in [-0.4, -0.2) is 66.4 Å². The van der Waals surface area contributed by atoms with Crippen LogP contribution in [0.15, 0.2) is 49.5 Å². The van der Waals surface area contributed by atoms with Crippen LogP contribution in [0.1, 0.15) is 140 Å². The molecule has 0 bridgehead atoms. The first-order chi connectivity index (χ1) is 25.1. The predicted octanol–water partition coefficient (Wildman–Crippen LogP) is 8.61. The minimum absolute atomic E-state index is 0.0399. The van der Waals surface area contributed by atoms with Crippen LogP contribution in [0, 0.1) is 29.1 Å². The number of hydrogen-bond acceptors (Lipinski definition) is 6. The Morgan fingerprint density at radius 3 is 2.13 bits per heavy atom. The minimum atomic E-state index is -0.648. The van der Waals surface area contributed by atoms with Gasteiger partial charge in [0, 0.05) is 42.8 Å². The van der Waals surface area contributed by atoms with Gasteiger partial charge in [0.25, 0.3) is 5.91 Å². The molecule has 0 aromatic rings. The summed E-state index contributed by atoms with van der Waals surface area (Å²) in [5.41, 5.74) is 2.42. The van der Waals surface area contributed by atoms with Crippen molar-refractivity contribution in [1.29, 1.82) is 0 Å². The monoisotopic (exact) mass is 741 g/mol. The lowest BCUT2D eigenvalue weighted by atomic mass is 9.79. The number of urea groups is 1. The molecule has 9 nitrogen and oxygen atoms in total. The lowest BCUT2D eigenvalue weighted by molar-refractivity contribution is -0.139. The van der Waals surface area contributed by atoms with E-state index in [4.69, 9.17) is 0 Å². The maximum Gasteiger partial charge on any atom is 0.315 e. The molecule has 0 aromatic heterocycles. The van der Waals surface area contributed by atoms with Crippen molar-refractivity contribution in [3.05, 3.63) is 49.5 Å². The van der Waals surface area contributed by atoms with Crippen LogP contribution >= 0.6 is 0 Å². The number of amides is 3. The summed E-state index contributed by atoms with van der Waals surface area (Å²) in [5.74, 6) is 0.970. The predicted molar refractivity (Wildman–Crippen MR) is 224 cm³/mol. The average molecular weight is 741 g/mol. The number of carbonyl (C=O) groups is 3. The second kappa shape index (κ2) is 24.2. The van der Waals surface area contributed by atoms with E-state index in [9.17, 15) is 14.4 Å². The summed E-state index contributed by atoms with van der Waals surface area (Å²) in [5, 5.41) is 16.2. The first kappa shape index (κ1) is 47.8. The van der Waals surface area contributed by atoms with E-state index >= 15 is 0 Å².